The van der Waals surface area contributed by atoms with Crippen LogP contribution in [0.4, 0.5) is 0 Å². The quantitative estimate of drug-likeness (QED) is 0.376. The second-order valence-corrected chi connectivity index (χ2v) is 3.24. The maximum Gasteiger partial charge on any atom is 0.526 e. The van der Waals surface area contributed by atoms with E-state index >= 15 is 0 Å². The molecule has 0 aliphatic rings. The van der Waals surface area contributed by atoms with Crippen LogP contribution in [0, 0.1) is 0 Å². The minimum absolute atomic E-state index is 0.316. The van der Waals surface area contributed by atoms with Crippen LogP contribution < -0.4 is 0 Å². The summed E-state index contributed by atoms with van der Waals surface area (Å²) in [5, 5.41) is 0. The number of hydrogen-bond acceptors (Lipinski definition) is 5. The van der Waals surface area contributed by atoms with Crippen LogP contribution in [0.15, 0.2) is 12.7 Å². The van der Waals surface area contributed by atoms with E-state index in [1.165, 1.54) is 0 Å². The standard InChI is InChI=1S/C6H9O7P/c1-2-5(7)12-4-3-6(8)13-14(9,10)11/h2H,1,3-4H2,(H2,9,10,11). The number of rotatable bonds is 5. The highest BCUT2D eigenvalue weighted by molar-refractivity contribution is 7.46. The summed E-state index contributed by atoms with van der Waals surface area (Å²) < 4.78 is 18.2. The van der Waals surface area contributed by atoms with Crippen molar-refractivity contribution in [3.63, 3.8) is 0 Å². The first-order valence-electron chi connectivity index (χ1n) is 3.42. The molecule has 0 saturated carbocycles. The van der Waals surface area contributed by atoms with Crippen LogP contribution in [0.2, 0.25) is 0 Å². The van der Waals surface area contributed by atoms with E-state index in [2.05, 4.69) is 15.8 Å². The van der Waals surface area contributed by atoms with Gasteiger partial charge in [-0.05, 0) is 0 Å². The summed E-state index contributed by atoms with van der Waals surface area (Å²) in [6.45, 7) is 2.79. The van der Waals surface area contributed by atoms with E-state index in [0.717, 1.165) is 6.08 Å². The molecule has 0 spiro atoms. The summed E-state index contributed by atoms with van der Waals surface area (Å²) in [5.74, 6) is -1.87. The van der Waals surface area contributed by atoms with E-state index in [9.17, 15) is 14.2 Å². The van der Waals surface area contributed by atoms with Gasteiger partial charge in [0.2, 0.25) is 0 Å². The summed E-state index contributed by atoms with van der Waals surface area (Å²) in [4.78, 5) is 37.4. The third-order valence-corrected chi connectivity index (χ3v) is 1.38. The van der Waals surface area contributed by atoms with Crippen LogP contribution in [-0.4, -0.2) is 28.3 Å². The number of carbonyl (C=O) groups is 2. The zero-order valence-electron chi connectivity index (χ0n) is 7.08. The molecule has 0 unspecified atom stereocenters. The highest BCUT2D eigenvalue weighted by Crippen LogP contribution is 2.36. The van der Waals surface area contributed by atoms with Crippen LogP contribution >= 0.6 is 7.82 Å². The van der Waals surface area contributed by atoms with Gasteiger partial charge in [0.1, 0.15) is 6.61 Å². The largest absolute Gasteiger partial charge is 0.526 e. The second kappa shape index (κ2) is 5.54. The van der Waals surface area contributed by atoms with Crippen LogP contribution in [0.25, 0.3) is 0 Å². The molecule has 2 N–H and O–H groups in total. The highest BCUT2D eigenvalue weighted by Gasteiger charge is 2.20. The Morgan fingerprint density at radius 1 is 1.43 bits per heavy atom. The Bertz CT molecular complexity index is 278. The summed E-state index contributed by atoms with van der Waals surface area (Å²) in [6, 6.07) is 0. The molecule has 0 aliphatic carbocycles. The van der Waals surface area contributed by atoms with E-state index in [4.69, 9.17) is 9.79 Å². The summed E-state index contributed by atoms with van der Waals surface area (Å²) >= 11 is 0. The number of phosphoric acid groups is 1. The van der Waals surface area contributed by atoms with E-state index in [1.54, 1.807) is 0 Å². The summed E-state index contributed by atoms with van der Waals surface area (Å²) in [7, 11) is -4.80. The Morgan fingerprint density at radius 3 is 2.43 bits per heavy atom. The minimum atomic E-state index is -4.80. The van der Waals surface area contributed by atoms with E-state index in [-0.39, 0.29) is 6.61 Å². The number of phosphoric ester groups is 1. The van der Waals surface area contributed by atoms with Gasteiger partial charge >= 0.3 is 19.8 Å². The number of ether oxygens (including phenoxy) is 1. The topological polar surface area (TPSA) is 110 Å². The third-order valence-electron chi connectivity index (χ3n) is 0.938. The zero-order chi connectivity index (χ0) is 11.2. The monoisotopic (exact) mass is 224 g/mol. The van der Waals surface area contributed by atoms with Gasteiger partial charge in [0.25, 0.3) is 0 Å². The predicted molar refractivity (Wildman–Crippen MR) is 43.9 cm³/mol. The first-order valence-corrected chi connectivity index (χ1v) is 4.95. The lowest BCUT2D eigenvalue weighted by atomic mass is 10.5. The van der Waals surface area contributed by atoms with Crippen LogP contribution in [0.1, 0.15) is 6.42 Å². The molecule has 0 rings (SSSR count). The van der Waals surface area contributed by atoms with Crippen LogP contribution in [0.5, 0.6) is 0 Å². The van der Waals surface area contributed by atoms with E-state index in [1.807, 2.05) is 0 Å². The van der Waals surface area contributed by atoms with Gasteiger partial charge in [0, 0.05) is 6.08 Å². The van der Waals surface area contributed by atoms with Crippen molar-refractivity contribution in [2.45, 2.75) is 6.42 Å². The first-order chi connectivity index (χ1) is 6.35. The second-order valence-electron chi connectivity index (χ2n) is 2.08. The van der Waals surface area contributed by atoms with E-state index < -0.39 is 26.2 Å². The zero-order valence-corrected chi connectivity index (χ0v) is 7.98. The predicted octanol–water partition coefficient (Wildman–Crippen LogP) is -0.258. The summed E-state index contributed by atoms with van der Waals surface area (Å²) in [6.07, 6.45) is 0.471. The molecule has 0 aliphatic heterocycles. The molecule has 80 valence electrons. The maximum absolute atomic E-state index is 10.6. The van der Waals surface area contributed by atoms with Crippen LogP contribution in [-0.2, 0) is 23.4 Å². The van der Waals surface area contributed by atoms with Crippen molar-refractivity contribution in [1.82, 2.24) is 0 Å². The average Bonchev–Trinajstić information content (AvgIpc) is 2.00. The lowest BCUT2D eigenvalue weighted by molar-refractivity contribution is -0.141. The fraction of sp³-hybridized carbons (Fsp3) is 0.333. The molecule has 7 nitrogen and oxygen atoms in total. The summed E-state index contributed by atoms with van der Waals surface area (Å²) in [5.41, 5.74) is 0. The maximum atomic E-state index is 10.6. The Kier molecular flexibility index (Phi) is 5.07. The molecule has 0 radical (unpaired) electrons. The number of esters is 1. The normalized spacial score (nSPS) is 10.4. The Labute approximate surface area is 79.6 Å². The van der Waals surface area contributed by atoms with Gasteiger partial charge in [0.05, 0.1) is 6.42 Å². The molecule has 0 bridgehead atoms. The van der Waals surface area contributed by atoms with Crippen LogP contribution in [0.3, 0.4) is 0 Å². The van der Waals surface area contributed by atoms with Gasteiger partial charge in [-0.25, -0.2) is 9.36 Å². The Hall–Kier alpha value is -1.17. The molecular weight excluding hydrogens is 215 g/mol. The molecule has 0 heterocycles. The van der Waals surface area contributed by atoms with Gasteiger partial charge < -0.3 is 9.26 Å². The molecule has 0 amide bonds. The van der Waals surface area contributed by atoms with Crippen molar-refractivity contribution in [1.29, 1.82) is 0 Å². The molecular formula is C6H9O7P. The third kappa shape index (κ3) is 7.48. The average molecular weight is 224 g/mol. The van der Waals surface area contributed by atoms with Gasteiger partial charge in [-0.1, -0.05) is 6.58 Å². The van der Waals surface area contributed by atoms with Crippen molar-refractivity contribution >= 4 is 19.8 Å². The molecule has 0 aromatic carbocycles. The SMILES string of the molecule is C=CC(=O)OCCC(=O)OP(=O)(O)O. The Balaban J connectivity index is 3.71. The number of hydrogen-bond donors (Lipinski definition) is 2. The van der Waals surface area contributed by atoms with E-state index in [0.29, 0.717) is 0 Å². The fourth-order valence-electron chi connectivity index (χ4n) is 0.472. The van der Waals surface area contributed by atoms with Crippen molar-refractivity contribution in [2.24, 2.45) is 0 Å². The Morgan fingerprint density at radius 2 is 2.00 bits per heavy atom. The molecule has 0 aromatic rings. The van der Waals surface area contributed by atoms with Crippen molar-refractivity contribution in [3.8, 4) is 0 Å². The first kappa shape index (κ1) is 12.8. The minimum Gasteiger partial charge on any atom is -0.462 e. The van der Waals surface area contributed by atoms with Gasteiger partial charge in [-0.3, -0.25) is 14.6 Å². The van der Waals surface area contributed by atoms with Gasteiger partial charge in [0.15, 0.2) is 0 Å². The lowest BCUT2D eigenvalue weighted by Crippen LogP contribution is -2.09. The van der Waals surface area contributed by atoms with Gasteiger partial charge in [-0.15, -0.1) is 0 Å². The van der Waals surface area contributed by atoms with Crippen molar-refractivity contribution in [2.75, 3.05) is 6.61 Å². The fourth-order valence-corrected chi connectivity index (χ4v) is 0.829. The smallest absolute Gasteiger partial charge is 0.462 e. The molecule has 14 heavy (non-hydrogen) atoms. The molecule has 0 atom stereocenters. The molecule has 0 saturated heterocycles. The number of carbonyl (C=O) groups excluding carboxylic acids is 2. The molecule has 0 fully saturated rings. The lowest BCUT2D eigenvalue weighted by Gasteiger charge is -2.04. The molecule has 8 heteroatoms. The highest BCUT2D eigenvalue weighted by atomic mass is 31.2. The molecule has 0 aromatic heterocycles. The van der Waals surface area contributed by atoms with Crippen molar-refractivity contribution in [3.05, 3.63) is 12.7 Å². The van der Waals surface area contributed by atoms with Gasteiger partial charge in [-0.2, -0.15) is 0 Å². The van der Waals surface area contributed by atoms with Crippen molar-refractivity contribution < 1.29 is 33.2 Å².